The third kappa shape index (κ3) is 5.17. The van der Waals surface area contributed by atoms with Crippen molar-refractivity contribution in [2.45, 2.75) is 19.5 Å². The van der Waals surface area contributed by atoms with E-state index in [2.05, 4.69) is 10.6 Å². The normalized spacial score (nSPS) is 11.3. The third-order valence-electron chi connectivity index (χ3n) is 4.56. The fourth-order valence-electron chi connectivity index (χ4n) is 3.03. The van der Waals surface area contributed by atoms with E-state index in [1.54, 1.807) is 30.3 Å². The molecular weight excluding hydrogens is 364 g/mol. The lowest BCUT2D eigenvalue weighted by Gasteiger charge is -2.19. The van der Waals surface area contributed by atoms with E-state index in [9.17, 15) is 14.4 Å². The molecule has 0 unspecified atom stereocenters. The van der Waals surface area contributed by atoms with E-state index in [1.165, 1.54) is 0 Å². The van der Waals surface area contributed by atoms with Gasteiger partial charge >= 0.3 is 0 Å². The number of benzene rings is 3. The topological polar surface area (TPSA) is 75.3 Å². The van der Waals surface area contributed by atoms with E-state index in [1.807, 2.05) is 55.5 Å². The van der Waals surface area contributed by atoms with E-state index in [-0.39, 0.29) is 11.5 Å². The van der Waals surface area contributed by atoms with Crippen LogP contribution in [0.2, 0.25) is 0 Å². The van der Waals surface area contributed by atoms with Gasteiger partial charge in [-0.25, -0.2) is 0 Å². The van der Waals surface area contributed by atoms with Gasteiger partial charge in [-0.3, -0.25) is 14.4 Å². The van der Waals surface area contributed by atoms with Crippen LogP contribution in [0.25, 0.3) is 0 Å². The summed E-state index contributed by atoms with van der Waals surface area (Å²) in [6.45, 7) is 2.20. The van der Waals surface area contributed by atoms with Crippen molar-refractivity contribution in [2.75, 3.05) is 0 Å². The first kappa shape index (κ1) is 20.0. The second-order valence-electron chi connectivity index (χ2n) is 6.73. The van der Waals surface area contributed by atoms with Gasteiger partial charge in [0.2, 0.25) is 5.91 Å². The highest BCUT2D eigenvalue weighted by Gasteiger charge is 2.24. The summed E-state index contributed by atoms with van der Waals surface area (Å²) in [5, 5.41) is 5.64. The molecular formula is C24H22N2O3. The van der Waals surface area contributed by atoms with Crippen LogP contribution in [0.1, 0.15) is 43.4 Å². The molecule has 0 heterocycles. The van der Waals surface area contributed by atoms with Gasteiger partial charge in [0.05, 0.1) is 0 Å². The summed E-state index contributed by atoms with van der Waals surface area (Å²) in [4.78, 5) is 37.1. The second kappa shape index (κ2) is 9.46. The van der Waals surface area contributed by atoms with Crippen LogP contribution in [0.5, 0.6) is 0 Å². The van der Waals surface area contributed by atoms with E-state index in [4.69, 9.17) is 0 Å². The molecule has 2 amide bonds. The van der Waals surface area contributed by atoms with Crippen LogP contribution in [0.15, 0.2) is 78.9 Å². The van der Waals surface area contributed by atoms with Crippen LogP contribution in [0.4, 0.5) is 0 Å². The molecule has 0 bridgehead atoms. The Balaban J connectivity index is 1.81. The van der Waals surface area contributed by atoms with Gasteiger partial charge in [0, 0.05) is 17.7 Å². The van der Waals surface area contributed by atoms with Crippen LogP contribution < -0.4 is 10.6 Å². The molecule has 0 radical (unpaired) electrons. The maximum Gasteiger partial charge on any atom is 0.252 e. The van der Waals surface area contributed by atoms with Crippen molar-refractivity contribution >= 4 is 18.1 Å². The highest BCUT2D eigenvalue weighted by atomic mass is 16.2. The number of hydrogen-bond acceptors (Lipinski definition) is 3. The Hall–Kier alpha value is -3.73. The fraction of sp³-hybridized carbons (Fsp3) is 0.125. The van der Waals surface area contributed by atoms with Gasteiger partial charge in [-0.2, -0.15) is 0 Å². The lowest BCUT2D eigenvalue weighted by Crippen LogP contribution is -2.40. The fourth-order valence-corrected chi connectivity index (χ4v) is 3.03. The Kier molecular flexibility index (Phi) is 6.53. The Labute approximate surface area is 169 Å². The van der Waals surface area contributed by atoms with Crippen molar-refractivity contribution in [2.24, 2.45) is 0 Å². The summed E-state index contributed by atoms with van der Waals surface area (Å²) in [7, 11) is 0. The second-order valence-corrected chi connectivity index (χ2v) is 6.73. The van der Waals surface area contributed by atoms with Crippen molar-refractivity contribution < 1.29 is 14.4 Å². The van der Waals surface area contributed by atoms with Gasteiger partial charge < -0.3 is 10.6 Å². The summed E-state index contributed by atoms with van der Waals surface area (Å²) in [6.07, 6.45) is 0.648. The van der Waals surface area contributed by atoms with Crippen LogP contribution in [-0.4, -0.2) is 18.1 Å². The van der Waals surface area contributed by atoms with E-state index in [0.29, 0.717) is 24.0 Å². The minimum absolute atomic E-state index is 0.238. The molecule has 2 N–H and O–H groups in total. The number of amides is 2. The first-order valence-electron chi connectivity index (χ1n) is 9.32. The minimum Gasteiger partial charge on any atom is -0.350 e. The predicted molar refractivity (Wildman–Crippen MR) is 112 cm³/mol. The average molecular weight is 386 g/mol. The number of rotatable bonds is 7. The van der Waals surface area contributed by atoms with E-state index >= 15 is 0 Å². The SMILES string of the molecule is Cc1ccc(C(=O)N[C@H](C(=O)NCc2ccccc2)c2ccccc2)c(C=O)c1. The molecule has 0 spiro atoms. The predicted octanol–water partition coefficient (Wildman–Crippen LogP) is 3.60. The monoisotopic (exact) mass is 386 g/mol. The highest BCUT2D eigenvalue weighted by molar-refractivity contribution is 6.03. The van der Waals surface area contributed by atoms with Crippen molar-refractivity contribution in [1.82, 2.24) is 10.6 Å². The average Bonchev–Trinajstić information content (AvgIpc) is 2.76. The number of carbonyl (C=O) groups is 3. The van der Waals surface area contributed by atoms with Gasteiger partial charge in [-0.15, -0.1) is 0 Å². The van der Waals surface area contributed by atoms with Crippen LogP contribution in [0, 0.1) is 6.92 Å². The smallest absolute Gasteiger partial charge is 0.252 e. The molecule has 0 aliphatic carbocycles. The molecule has 29 heavy (non-hydrogen) atoms. The van der Waals surface area contributed by atoms with Crippen molar-refractivity contribution in [1.29, 1.82) is 0 Å². The van der Waals surface area contributed by atoms with Crippen molar-refractivity contribution in [3.05, 3.63) is 107 Å². The van der Waals surface area contributed by atoms with Gasteiger partial charge in [-0.1, -0.05) is 72.3 Å². The molecule has 0 aliphatic rings. The van der Waals surface area contributed by atoms with Gasteiger partial charge in [-0.05, 0) is 30.2 Å². The van der Waals surface area contributed by atoms with Crippen molar-refractivity contribution in [3.8, 4) is 0 Å². The van der Waals surface area contributed by atoms with Crippen molar-refractivity contribution in [3.63, 3.8) is 0 Å². The molecule has 1 atom stereocenters. The number of aldehydes is 1. The molecule has 5 heteroatoms. The Bertz CT molecular complexity index is 1000. The first-order valence-corrected chi connectivity index (χ1v) is 9.32. The summed E-state index contributed by atoms with van der Waals surface area (Å²) in [6, 6.07) is 22.7. The van der Waals surface area contributed by atoms with E-state index in [0.717, 1.165) is 11.1 Å². The molecule has 3 aromatic rings. The number of carbonyl (C=O) groups excluding carboxylic acids is 3. The van der Waals surface area contributed by atoms with Gasteiger partial charge in [0.1, 0.15) is 6.04 Å². The molecule has 0 aromatic heterocycles. The number of aryl methyl sites for hydroxylation is 1. The largest absolute Gasteiger partial charge is 0.350 e. The van der Waals surface area contributed by atoms with Crippen LogP contribution in [-0.2, 0) is 11.3 Å². The zero-order valence-corrected chi connectivity index (χ0v) is 16.1. The quantitative estimate of drug-likeness (QED) is 0.609. The molecule has 3 aromatic carbocycles. The maximum atomic E-state index is 12.9. The van der Waals surface area contributed by atoms with Crippen LogP contribution >= 0.6 is 0 Å². The molecule has 5 nitrogen and oxygen atoms in total. The molecule has 0 aliphatic heterocycles. The van der Waals surface area contributed by atoms with Gasteiger partial charge in [0.15, 0.2) is 6.29 Å². The third-order valence-corrected chi connectivity index (χ3v) is 4.56. The highest BCUT2D eigenvalue weighted by Crippen LogP contribution is 2.16. The molecule has 0 saturated carbocycles. The number of nitrogens with one attached hydrogen (secondary N) is 2. The van der Waals surface area contributed by atoms with Crippen LogP contribution in [0.3, 0.4) is 0 Å². The summed E-state index contributed by atoms with van der Waals surface area (Å²) in [5.41, 5.74) is 3.03. The Morgan fingerprint density at radius 1 is 0.931 bits per heavy atom. The molecule has 146 valence electrons. The van der Waals surface area contributed by atoms with E-state index < -0.39 is 11.9 Å². The minimum atomic E-state index is -0.881. The first-order chi connectivity index (χ1) is 14.1. The zero-order valence-electron chi connectivity index (χ0n) is 16.1. The molecule has 3 rings (SSSR count). The molecule has 0 fully saturated rings. The van der Waals surface area contributed by atoms with Gasteiger partial charge in [0.25, 0.3) is 5.91 Å². The lowest BCUT2D eigenvalue weighted by atomic mass is 10.0. The zero-order chi connectivity index (χ0) is 20.6. The summed E-state index contributed by atoms with van der Waals surface area (Å²) < 4.78 is 0. The summed E-state index contributed by atoms with van der Waals surface area (Å²) >= 11 is 0. The lowest BCUT2D eigenvalue weighted by molar-refractivity contribution is -0.123. The Morgan fingerprint density at radius 3 is 2.24 bits per heavy atom. The maximum absolute atomic E-state index is 12.9. The molecule has 0 saturated heterocycles. The number of hydrogen-bond donors (Lipinski definition) is 2. The standard InChI is InChI=1S/C24H22N2O3/c1-17-12-13-21(20(14-17)16-27)23(28)26-22(19-10-6-3-7-11-19)24(29)25-15-18-8-4-2-5-9-18/h2-14,16,22H,15H2,1H3,(H,25,29)(H,26,28)/t22-/m0/s1. The summed E-state index contributed by atoms with van der Waals surface area (Å²) in [5.74, 6) is -0.802. The Morgan fingerprint density at radius 2 is 1.59 bits per heavy atom.